The van der Waals surface area contributed by atoms with E-state index >= 15 is 0 Å². The van der Waals surface area contributed by atoms with Crippen LogP contribution in [-0.2, 0) is 16.0 Å². The van der Waals surface area contributed by atoms with E-state index in [1.54, 1.807) is 13.8 Å². The van der Waals surface area contributed by atoms with Crippen LogP contribution in [0.5, 0.6) is 0 Å². The number of carbonyl (C=O) groups is 2. The number of benzene rings is 1. The lowest BCUT2D eigenvalue weighted by Gasteiger charge is -2.25. The zero-order valence-electron chi connectivity index (χ0n) is 13.5. The third-order valence-corrected chi connectivity index (χ3v) is 3.76. The summed E-state index contributed by atoms with van der Waals surface area (Å²) >= 11 is 0. The first-order valence-corrected chi connectivity index (χ1v) is 7.56. The molecule has 1 aromatic rings. The normalized spacial score (nSPS) is 11.9. The molecule has 1 aromatic carbocycles. The van der Waals surface area contributed by atoms with Crippen LogP contribution in [-0.4, -0.2) is 35.2 Å². The molecule has 0 saturated heterocycles. The van der Waals surface area contributed by atoms with Gasteiger partial charge in [0.05, 0.1) is 12.0 Å². The summed E-state index contributed by atoms with van der Waals surface area (Å²) in [5, 5.41) is 14.5. The highest BCUT2D eigenvalue weighted by Crippen LogP contribution is 2.26. The summed E-state index contributed by atoms with van der Waals surface area (Å²) in [6.45, 7) is 3.36. The number of para-hydroxylation sites is 1. The quantitative estimate of drug-likeness (QED) is 0.692. The molecule has 0 aliphatic carbocycles. The van der Waals surface area contributed by atoms with E-state index in [1.807, 2.05) is 0 Å². The molecule has 8 heteroatoms. The number of nitrogens with one attached hydrogen (secondary N) is 2. The molecule has 0 unspecified atom stereocenters. The Labute approximate surface area is 138 Å². The average Bonchev–Trinajstić information content (AvgIpc) is 2.52. The first-order valence-electron chi connectivity index (χ1n) is 7.56. The van der Waals surface area contributed by atoms with E-state index < -0.39 is 30.0 Å². The van der Waals surface area contributed by atoms with Gasteiger partial charge in [-0.15, -0.1) is 0 Å². The van der Waals surface area contributed by atoms with E-state index in [9.17, 15) is 27.9 Å². The number of alkyl halides is 3. The first-order chi connectivity index (χ1) is 11.1. The molecule has 134 valence electrons. The molecule has 0 bridgehead atoms. The SMILES string of the molecule is CCC(O)(CC)CNC(=O)C(=O)Nc1ccccc1CC(F)(F)F. The molecule has 2 amide bonds. The number of amides is 2. The molecule has 3 N–H and O–H groups in total. The molecule has 0 saturated carbocycles. The zero-order valence-corrected chi connectivity index (χ0v) is 13.5. The van der Waals surface area contributed by atoms with E-state index in [2.05, 4.69) is 10.6 Å². The topological polar surface area (TPSA) is 78.4 Å². The second kappa shape index (κ2) is 8.14. The van der Waals surface area contributed by atoms with Crippen molar-refractivity contribution < 1.29 is 27.9 Å². The van der Waals surface area contributed by atoms with Crippen LogP contribution in [0.2, 0.25) is 0 Å². The lowest BCUT2D eigenvalue weighted by atomic mass is 9.98. The van der Waals surface area contributed by atoms with Crippen LogP contribution in [0.15, 0.2) is 24.3 Å². The van der Waals surface area contributed by atoms with Crippen LogP contribution in [0.1, 0.15) is 32.3 Å². The second-order valence-electron chi connectivity index (χ2n) is 5.52. The fourth-order valence-corrected chi connectivity index (χ4v) is 2.02. The Bertz CT molecular complexity index is 584. The summed E-state index contributed by atoms with van der Waals surface area (Å²) in [5.74, 6) is -2.10. The molecule has 0 aliphatic rings. The Hall–Kier alpha value is -2.09. The third kappa shape index (κ3) is 6.19. The lowest BCUT2D eigenvalue weighted by molar-refractivity contribution is -0.136. The number of hydrogen-bond acceptors (Lipinski definition) is 3. The minimum absolute atomic E-state index is 0.0729. The predicted molar refractivity (Wildman–Crippen MR) is 83.4 cm³/mol. The summed E-state index contributed by atoms with van der Waals surface area (Å²) in [6.07, 6.45) is -4.86. The van der Waals surface area contributed by atoms with E-state index in [0.29, 0.717) is 12.8 Å². The molecule has 0 aromatic heterocycles. The molecule has 24 heavy (non-hydrogen) atoms. The molecule has 0 heterocycles. The largest absolute Gasteiger partial charge is 0.393 e. The Kier molecular flexibility index (Phi) is 6.77. The van der Waals surface area contributed by atoms with Crippen molar-refractivity contribution in [1.29, 1.82) is 0 Å². The number of rotatable bonds is 6. The van der Waals surface area contributed by atoms with Crippen LogP contribution in [0.4, 0.5) is 18.9 Å². The van der Waals surface area contributed by atoms with Crippen LogP contribution in [0.25, 0.3) is 0 Å². The smallest absolute Gasteiger partial charge is 0.388 e. The van der Waals surface area contributed by atoms with Gasteiger partial charge >= 0.3 is 18.0 Å². The highest BCUT2D eigenvalue weighted by Gasteiger charge is 2.29. The molecular weight excluding hydrogens is 325 g/mol. The second-order valence-corrected chi connectivity index (χ2v) is 5.52. The standard InChI is InChI=1S/C16H21F3N2O3/c1-3-15(24,4-2)10-20-13(22)14(23)21-12-8-6-5-7-11(12)9-16(17,18)19/h5-8,24H,3-4,9-10H2,1-2H3,(H,20,22)(H,21,23). The molecule has 0 fully saturated rings. The minimum atomic E-state index is -4.43. The van der Waals surface area contributed by atoms with E-state index in [1.165, 1.54) is 24.3 Å². The number of aliphatic hydroxyl groups is 1. The molecule has 0 atom stereocenters. The van der Waals surface area contributed by atoms with Gasteiger partial charge in [0.2, 0.25) is 0 Å². The van der Waals surface area contributed by atoms with Gasteiger partial charge in [0.15, 0.2) is 0 Å². The maximum atomic E-state index is 12.5. The van der Waals surface area contributed by atoms with Gasteiger partial charge in [0, 0.05) is 12.2 Å². The van der Waals surface area contributed by atoms with Gasteiger partial charge in [-0.1, -0.05) is 32.0 Å². The molecule has 0 radical (unpaired) electrons. The highest BCUT2D eigenvalue weighted by atomic mass is 19.4. The molecule has 5 nitrogen and oxygen atoms in total. The number of anilines is 1. The van der Waals surface area contributed by atoms with Crippen molar-refractivity contribution in [2.75, 3.05) is 11.9 Å². The number of halogens is 3. The van der Waals surface area contributed by atoms with Crippen molar-refractivity contribution in [3.8, 4) is 0 Å². The highest BCUT2D eigenvalue weighted by molar-refractivity contribution is 6.39. The average molecular weight is 346 g/mol. The molecular formula is C16H21F3N2O3. The lowest BCUT2D eigenvalue weighted by Crippen LogP contribution is -2.45. The van der Waals surface area contributed by atoms with Gasteiger partial charge < -0.3 is 15.7 Å². The Balaban J connectivity index is 2.73. The van der Waals surface area contributed by atoms with E-state index in [4.69, 9.17) is 0 Å². The van der Waals surface area contributed by atoms with Crippen molar-refractivity contribution in [2.24, 2.45) is 0 Å². The summed E-state index contributed by atoms with van der Waals surface area (Å²) < 4.78 is 37.6. The first kappa shape index (κ1) is 20.0. The summed E-state index contributed by atoms with van der Waals surface area (Å²) in [6, 6.07) is 5.40. The number of hydrogen-bond donors (Lipinski definition) is 3. The third-order valence-electron chi connectivity index (χ3n) is 3.76. The summed E-state index contributed by atoms with van der Waals surface area (Å²) in [4.78, 5) is 23.6. The van der Waals surface area contributed by atoms with Crippen LogP contribution in [0, 0.1) is 0 Å². The van der Waals surface area contributed by atoms with Gasteiger partial charge in [-0.25, -0.2) is 0 Å². The molecule has 1 rings (SSSR count). The minimum Gasteiger partial charge on any atom is -0.388 e. The van der Waals surface area contributed by atoms with Crippen molar-refractivity contribution in [2.45, 2.75) is 44.9 Å². The molecule has 0 spiro atoms. The van der Waals surface area contributed by atoms with Crippen LogP contribution in [0.3, 0.4) is 0 Å². The zero-order chi connectivity index (χ0) is 18.4. The van der Waals surface area contributed by atoms with Crippen molar-refractivity contribution in [3.63, 3.8) is 0 Å². The van der Waals surface area contributed by atoms with E-state index in [-0.39, 0.29) is 17.8 Å². The van der Waals surface area contributed by atoms with Crippen molar-refractivity contribution in [1.82, 2.24) is 5.32 Å². The van der Waals surface area contributed by atoms with Crippen LogP contribution < -0.4 is 10.6 Å². The van der Waals surface area contributed by atoms with Gasteiger partial charge in [-0.2, -0.15) is 13.2 Å². The maximum Gasteiger partial charge on any atom is 0.393 e. The Morgan fingerprint density at radius 3 is 2.21 bits per heavy atom. The molecule has 0 aliphatic heterocycles. The Morgan fingerprint density at radius 2 is 1.67 bits per heavy atom. The van der Waals surface area contributed by atoms with Gasteiger partial charge in [0.1, 0.15) is 0 Å². The van der Waals surface area contributed by atoms with Gasteiger partial charge in [-0.3, -0.25) is 9.59 Å². The van der Waals surface area contributed by atoms with Crippen molar-refractivity contribution >= 4 is 17.5 Å². The van der Waals surface area contributed by atoms with E-state index in [0.717, 1.165) is 0 Å². The van der Waals surface area contributed by atoms with Gasteiger partial charge in [-0.05, 0) is 24.5 Å². The predicted octanol–water partition coefficient (Wildman–Crippen LogP) is 2.40. The maximum absolute atomic E-state index is 12.5. The van der Waals surface area contributed by atoms with Gasteiger partial charge in [0.25, 0.3) is 0 Å². The summed E-state index contributed by atoms with van der Waals surface area (Å²) in [7, 11) is 0. The summed E-state index contributed by atoms with van der Waals surface area (Å²) in [5.41, 5.74) is -1.33. The fraction of sp³-hybridized carbons (Fsp3) is 0.500. The van der Waals surface area contributed by atoms with Crippen molar-refractivity contribution in [3.05, 3.63) is 29.8 Å². The number of carbonyl (C=O) groups excluding carboxylic acids is 2. The Morgan fingerprint density at radius 1 is 1.08 bits per heavy atom. The monoisotopic (exact) mass is 346 g/mol. The van der Waals surface area contributed by atoms with Crippen LogP contribution >= 0.6 is 0 Å². The fourth-order valence-electron chi connectivity index (χ4n) is 2.02.